The number of rotatable bonds is 4. The smallest absolute Gasteiger partial charge is 0.331 e. The number of nitrogens with two attached hydrogens (primary N) is 1. The topological polar surface area (TPSA) is 92.5 Å². The summed E-state index contributed by atoms with van der Waals surface area (Å²) >= 11 is 0. The van der Waals surface area contributed by atoms with Crippen LogP contribution in [-0.2, 0) is 9.59 Å². The summed E-state index contributed by atoms with van der Waals surface area (Å²) < 4.78 is 0. The van der Waals surface area contributed by atoms with Crippen molar-refractivity contribution in [2.24, 2.45) is 5.73 Å². The van der Waals surface area contributed by atoms with Gasteiger partial charge in [0, 0.05) is 6.08 Å². The molecule has 0 aliphatic carbocycles. The number of benzene rings is 1. The van der Waals surface area contributed by atoms with Crippen LogP contribution in [0.15, 0.2) is 36.4 Å². The molecule has 1 aromatic rings. The number of urea groups is 1. The first-order chi connectivity index (χ1) is 9.04. The molecule has 0 heterocycles. The van der Waals surface area contributed by atoms with Crippen LogP contribution in [0.25, 0.3) is 6.08 Å². The molecule has 6 heteroatoms. The van der Waals surface area contributed by atoms with E-state index in [1.807, 2.05) is 30.3 Å². The van der Waals surface area contributed by atoms with Crippen LogP contribution in [0.3, 0.4) is 0 Å². The maximum absolute atomic E-state index is 11.8. The molecule has 99 valence electrons. The third kappa shape index (κ3) is 4.63. The Morgan fingerprint density at radius 1 is 1.37 bits per heavy atom. The molecule has 1 rings (SSSR count). The molecule has 0 saturated carbocycles. The minimum atomic E-state index is -0.930. The molecule has 0 aromatic heterocycles. The predicted molar refractivity (Wildman–Crippen MR) is 70.2 cm³/mol. The van der Waals surface area contributed by atoms with E-state index in [4.69, 9.17) is 5.73 Å². The molecule has 6 nitrogen and oxygen atoms in total. The highest BCUT2D eigenvalue weighted by atomic mass is 16.2. The Bertz CT molecular complexity index is 485. The molecule has 1 radical (unpaired) electrons. The number of nitrogens with one attached hydrogen (secondary N) is 1. The van der Waals surface area contributed by atoms with Crippen LogP contribution in [0.1, 0.15) is 12.5 Å². The summed E-state index contributed by atoms with van der Waals surface area (Å²) in [7, 11) is 0. The van der Waals surface area contributed by atoms with E-state index >= 15 is 0 Å². The van der Waals surface area contributed by atoms with Crippen molar-refractivity contribution in [2.45, 2.75) is 13.0 Å². The van der Waals surface area contributed by atoms with Crippen molar-refractivity contribution < 1.29 is 14.4 Å². The average Bonchev–Trinajstić information content (AvgIpc) is 2.42. The molecule has 1 unspecified atom stereocenters. The summed E-state index contributed by atoms with van der Waals surface area (Å²) in [6.07, 6.45) is 4.40. The van der Waals surface area contributed by atoms with Gasteiger partial charge in [-0.1, -0.05) is 30.3 Å². The second kappa shape index (κ2) is 6.95. The van der Waals surface area contributed by atoms with Crippen LogP contribution >= 0.6 is 0 Å². The highest BCUT2D eigenvalue weighted by molar-refractivity contribution is 5.94. The lowest BCUT2D eigenvalue weighted by Crippen LogP contribution is -2.52. The Morgan fingerprint density at radius 2 is 2.00 bits per heavy atom. The van der Waals surface area contributed by atoms with Gasteiger partial charge in [0.1, 0.15) is 6.04 Å². The van der Waals surface area contributed by atoms with Crippen molar-refractivity contribution >= 4 is 24.3 Å². The number of primary amides is 1. The summed E-state index contributed by atoms with van der Waals surface area (Å²) in [5, 5.41) is 0.814. The maximum Gasteiger partial charge on any atom is 0.331 e. The van der Waals surface area contributed by atoms with Gasteiger partial charge in [0.05, 0.1) is 0 Å². The maximum atomic E-state index is 11.8. The normalized spacial score (nSPS) is 11.8. The highest BCUT2D eigenvalue weighted by Crippen LogP contribution is 2.02. The van der Waals surface area contributed by atoms with Crippen LogP contribution in [0.4, 0.5) is 4.79 Å². The molecule has 0 spiro atoms. The molecule has 0 aliphatic rings. The molecular formula is C13H14N3O3. The SMILES string of the molecule is CC([C]=O)N(NC(N)=O)C(=O)C=Cc1ccccc1. The lowest BCUT2D eigenvalue weighted by Gasteiger charge is -2.23. The summed E-state index contributed by atoms with van der Waals surface area (Å²) in [5.41, 5.74) is 7.83. The standard InChI is InChI=1S/C13H14N3O3/c1-10(9-17)16(15-13(14)19)12(18)8-7-11-5-3-2-4-6-11/h2-8,10H,1H3,(H3,14,15,19). The lowest BCUT2D eigenvalue weighted by atomic mass is 10.2. The third-order valence-electron chi connectivity index (χ3n) is 2.24. The van der Waals surface area contributed by atoms with E-state index in [-0.39, 0.29) is 0 Å². The van der Waals surface area contributed by atoms with Crippen molar-refractivity contribution in [3.05, 3.63) is 42.0 Å². The molecule has 19 heavy (non-hydrogen) atoms. The molecule has 0 aliphatic heterocycles. The van der Waals surface area contributed by atoms with E-state index in [9.17, 15) is 14.4 Å². The summed E-state index contributed by atoms with van der Waals surface area (Å²) in [6, 6.07) is 7.26. The van der Waals surface area contributed by atoms with Crippen LogP contribution in [0.5, 0.6) is 0 Å². The summed E-state index contributed by atoms with van der Waals surface area (Å²) in [6.45, 7) is 1.41. The van der Waals surface area contributed by atoms with E-state index in [1.165, 1.54) is 13.0 Å². The fraction of sp³-hybridized carbons (Fsp3) is 0.154. The van der Waals surface area contributed by atoms with E-state index < -0.39 is 18.0 Å². The number of nitrogens with zero attached hydrogens (tertiary/aromatic N) is 1. The van der Waals surface area contributed by atoms with E-state index in [1.54, 1.807) is 12.4 Å². The molecule has 1 atom stereocenters. The van der Waals surface area contributed by atoms with Crippen molar-refractivity contribution in [1.82, 2.24) is 10.4 Å². The number of carbonyl (C=O) groups is 2. The van der Waals surface area contributed by atoms with Gasteiger partial charge in [0.15, 0.2) is 0 Å². The fourth-order valence-electron chi connectivity index (χ4n) is 1.33. The lowest BCUT2D eigenvalue weighted by molar-refractivity contribution is -0.129. The van der Waals surface area contributed by atoms with Crippen molar-refractivity contribution in [3.8, 4) is 0 Å². The number of amides is 3. The quantitative estimate of drug-likeness (QED) is 0.613. The Balaban J connectivity index is 2.79. The van der Waals surface area contributed by atoms with E-state index in [0.717, 1.165) is 10.6 Å². The molecule has 0 bridgehead atoms. The van der Waals surface area contributed by atoms with E-state index in [0.29, 0.717) is 0 Å². The van der Waals surface area contributed by atoms with Gasteiger partial charge < -0.3 is 5.73 Å². The molecule has 1 aromatic carbocycles. The van der Waals surface area contributed by atoms with Crippen LogP contribution in [0.2, 0.25) is 0 Å². The van der Waals surface area contributed by atoms with Gasteiger partial charge in [-0.05, 0) is 18.6 Å². The number of hydrogen-bond acceptors (Lipinski definition) is 3. The van der Waals surface area contributed by atoms with Crippen LogP contribution in [0, 0.1) is 0 Å². The minimum Gasteiger partial charge on any atom is -0.350 e. The summed E-state index contributed by atoms with van der Waals surface area (Å²) in [4.78, 5) is 33.2. The van der Waals surface area contributed by atoms with Gasteiger partial charge >= 0.3 is 6.03 Å². The monoisotopic (exact) mass is 260 g/mol. The molecule has 3 N–H and O–H groups in total. The van der Waals surface area contributed by atoms with Gasteiger partial charge in [-0.3, -0.25) is 9.59 Å². The van der Waals surface area contributed by atoms with E-state index in [2.05, 4.69) is 5.43 Å². The average molecular weight is 260 g/mol. The number of carbonyl (C=O) groups excluding carboxylic acids is 3. The molecule has 0 saturated heterocycles. The van der Waals surface area contributed by atoms with Crippen molar-refractivity contribution in [3.63, 3.8) is 0 Å². The van der Waals surface area contributed by atoms with Gasteiger partial charge in [0.2, 0.25) is 6.29 Å². The second-order valence-corrected chi connectivity index (χ2v) is 3.72. The zero-order valence-corrected chi connectivity index (χ0v) is 10.4. The Morgan fingerprint density at radius 3 is 2.53 bits per heavy atom. The van der Waals surface area contributed by atoms with Crippen LogP contribution < -0.4 is 11.2 Å². The number of hydrogen-bond donors (Lipinski definition) is 2. The first kappa shape index (κ1) is 14.4. The minimum absolute atomic E-state index is 0.571. The first-order valence-electron chi connectivity index (χ1n) is 5.54. The third-order valence-corrected chi connectivity index (χ3v) is 2.24. The predicted octanol–water partition coefficient (Wildman–Crippen LogP) is 0.610. The fourth-order valence-corrected chi connectivity index (χ4v) is 1.33. The molecule has 3 amide bonds. The Hall–Kier alpha value is -2.63. The number of hydrazine groups is 1. The first-order valence-corrected chi connectivity index (χ1v) is 5.54. The van der Waals surface area contributed by atoms with Gasteiger partial charge in [-0.2, -0.15) is 0 Å². The zero-order valence-electron chi connectivity index (χ0n) is 10.4. The van der Waals surface area contributed by atoms with Crippen molar-refractivity contribution in [1.29, 1.82) is 0 Å². The Kier molecular flexibility index (Phi) is 5.28. The highest BCUT2D eigenvalue weighted by Gasteiger charge is 2.19. The van der Waals surface area contributed by atoms with Crippen LogP contribution in [-0.4, -0.2) is 29.3 Å². The van der Waals surface area contributed by atoms with Gasteiger partial charge in [-0.15, -0.1) is 0 Å². The van der Waals surface area contributed by atoms with Gasteiger partial charge in [-0.25, -0.2) is 15.2 Å². The molecule has 0 fully saturated rings. The zero-order chi connectivity index (χ0) is 14.3. The Labute approximate surface area is 110 Å². The second-order valence-electron chi connectivity index (χ2n) is 3.72. The molecular weight excluding hydrogens is 246 g/mol. The largest absolute Gasteiger partial charge is 0.350 e. The van der Waals surface area contributed by atoms with Gasteiger partial charge in [0.25, 0.3) is 5.91 Å². The summed E-state index contributed by atoms with van der Waals surface area (Å²) in [5.74, 6) is -0.571. The van der Waals surface area contributed by atoms with Crippen molar-refractivity contribution in [2.75, 3.05) is 0 Å².